The number of ether oxygens (including phenoxy) is 1. The first-order valence-electron chi connectivity index (χ1n) is 6.79. The molecule has 21 heavy (non-hydrogen) atoms. The summed E-state index contributed by atoms with van der Waals surface area (Å²) in [6.07, 6.45) is 0. The molecule has 112 valence electrons. The molecule has 2 rings (SSSR count). The van der Waals surface area contributed by atoms with Crippen LogP contribution in [0.25, 0.3) is 0 Å². The van der Waals surface area contributed by atoms with Crippen molar-refractivity contribution in [2.24, 2.45) is 0 Å². The molecule has 0 aliphatic rings. The smallest absolute Gasteiger partial charge is 0.324 e. The van der Waals surface area contributed by atoms with E-state index >= 15 is 0 Å². The summed E-state index contributed by atoms with van der Waals surface area (Å²) in [6.45, 7) is 5.30. The normalized spacial score (nSPS) is 12.1. The summed E-state index contributed by atoms with van der Waals surface area (Å²) in [4.78, 5) is 11.2. The van der Waals surface area contributed by atoms with Crippen LogP contribution in [0.1, 0.15) is 30.3 Å². The molecule has 1 N–H and O–H groups in total. The van der Waals surface area contributed by atoms with Gasteiger partial charge in [-0.3, -0.25) is 10.1 Å². The number of benzene rings is 1. The van der Waals surface area contributed by atoms with Crippen LogP contribution in [-0.4, -0.2) is 11.5 Å². The first-order chi connectivity index (χ1) is 10.1. The van der Waals surface area contributed by atoms with Crippen molar-refractivity contribution in [3.05, 3.63) is 57.0 Å². The molecule has 0 bridgehead atoms. The molecule has 6 heteroatoms. The molecule has 0 aliphatic carbocycles. The van der Waals surface area contributed by atoms with Crippen molar-refractivity contribution in [1.29, 1.82) is 0 Å². The predicted molar refractivity (Wildman–Crippen MR) is 83.8 cm³/mol. The Hall–Kier alpha value is -1.92. The summed E-state index contributed by atoms with van der Waals surface area (Å²) in [5, 5.41) is 14.2. The minimum Gasteiger partial charge on any atom is -0.494 e. The SMILES string of the molecule is CCOc1ccc(C(C)NCc2ccc([N+](=O)[O-])s2)cc1. The van der Waals surface area contributed by atoms with Crippen LogP contribution in [0, 0.1) is 10.1 Å². The molecule has 1 unspecified atom stereocenters. The molecule has 0 fully saturated rings. The lowest BCUT2D eigenvalue weighted by Gasteiger charge is -2.14. The lowest BCUT2D eigenvalue weighted by molar-refractivity contribution is -0.380. The van der Waals surface area contributed by atoms with Crippen molar-refractivity contribution in [3.63, 3.8) is 0 Å². The molecule has 0 spiro atoms. The third kappa shape index (κ3) is 4.27. The van der Waals surface area contributed by atoms with Gasteiger partial charge in [0, 0.05) is 23.5 Å². The van der Waals surface area contributed by atoms with Crippen molar-refractivity contribution >= 4 is 16.3 Å². The molecule has 0 saturated carbocycles. The van der Waals surface area contributed by atoms with Gasteiger partial charge in [-0.2, -0.15) is 0 Å². The molecule has 1 aromatic carbocycles. The maximum absolute atomic E-state index is 10.6. The molecule has 5 nitrogen and oxygen atoms in total. The highest BCUT2D eigenvalue weighted by Gasteiger charge is 2.11. The van der Waals surface area contributed by atoms with Gasteiger partial charge >= 0.3 is 5.00 Å². The van der Waals surface area contributed by atoms with E-state index in [1.54, 1.807) is 12.1 Å². The lowest BCUT2D eigenvalue weighted by atomic mass is 10.1. The van der Waals surface area contributed by atoms with E-state index in [1.807, 2.05) is 31.2 Å². The standard InChI is InChI=1S/C15H18N2O3S/c1-3-20-13-6-4-12(5-7-13)11(2)16-10-14-8-9-15(21-14)17(18)19/h4-9,11,16H,3,10H2,1-2H3. The molecule has 0 radical (unpaired) electrons. The number of nitrogens with one attached hydrogen (secondary N) is 1. The van der Waals surface area contributed by atoms with Gasteiger partial charge in [0.05, 0.1) is 11.5 Å². The van der Waals surface area contributed by atoms with Crippen LogP contribution in [0.5, 0.6) is 5.75 Å². The van der Waals surface area contributed by atoms with Crippen LogP contribution in [0.4, 0.5) is 5.00 Å². The highest BCUT2D eigenvalue weighted by atomic mass is 32.1. The third-order valence-electron chi connectivity index (χ3n) is 3.10. The minimum atomic E-state index is -0.357. The van der Waals surface area contributed by atoms with Crippen molar-refractivity contribution in [1.82, 2.24) is 5.32 Å². The Balaban J connectivity index is 1.91. The zero-order valence-electron chi connectivity index (χ0n) is 12.0. The molecular weight excluding hydrogens is 288 g/mol. The summed E-state index contributed by atoms with van der Waals surface area (Å²) in [5.74, 6) is 0.863. The van der Waals surface area contributed by atoms with Gasteiger partial charge in [0.25, 0.3) is 0 Å². The fraction of sp³-hybridized carbons (Fsp3) is 0.333. The molecule has 0 aliphatic heterocycles. The summed E-state index contributed by atoms with van der Waals surface area (Å²) in [5.41, 5.74) is 1.16. The molecule has 1 atom stereocenters. The van der Waals surface area contributed by atoms with E-state index in [1.165, 1.54) is 11.3 Å². The van der Waals surface area contributed by atoms with Gasteiger partial charge in [0.2, 0.25) is 0 Å². The van der Waals surface area contributed by atoms with Crippen molar-refractivity contribution < 1.29 is 9.66 Å². The van der Waals surface area contributed by atoms with E-state index in [0.29, 0.717) is 13.2 Å². The molecule has 0 saturated heterocycles. The molecule has 0 amide bonds. The summed E-state index contributed by atoms with van der Waals surface area (Å²) < 4.78 is 5.41. The maximum Gasteiger partial charge on any atom is 0.324 e. The Morgan fingerprint density at radius 3 is 2.57 bits per heavy atom. The van der Waals surface area contributed by atoms with Gasteiger partial charge in [0.15, 0.2) is 0 Å². The monoisotopic (exact) mass is 306 g/mol. The Labute approximate surface area is 127 Å². The van der Waals surface area contributed by atoms with Gasteiger partial charge in [-0.1, -0.05) is 23.5 Å². The largest absolute Gasteiger partial charge is 0.494 e. The van der Waals surface area contributed by atoms with Crippen molar-refractivity contribution in [2.45, 2.75) is 26.4 Å². The second-order valence-electron chi connectivity index (χ2n) is 4.60. The van der Waals surface area contributed by atoms with Crippen molar-refractivity contribution in [3.8, 4) is 5.75 Å². The predicted octanol–water partition coefficient (Wildman–Crippen LogP) is 3.91. The topological polar surface area (TPSA) is 64.4 Å². The second-order valence-corrected chi connectivity index (χ2v) is 5.75. The zero-order chi connectivity index (χ0) is 15.2. The van der Waals surface area contributed by atoms with E-state index in [2.05, 4.69) is 12.2 Å². The average molecular weight is 306 g/mol. The second kappa shape index (κ2) is 7.19. The van der Waals surface area contributed by atoms with Gasteiger partial charge < -0.3 is 10.1 Å². The van der Waals surface area contributed by atoms with Crippen LogP contribution in [0.15, 0.2) is 36.4 Å². The summed E-state index contributed by atoms with van der Waals surface area (Å²) in [6, 6.07) is 11.5. The number of nitrogens with zero attached hydrogens (tertiary/aromatic N) is 1. The minimum absolute atomic E-state index is 0.168. The van der Waals surface area contributed by atoms with Crippen LogP contribution in [0.2, 0.25) is 0 Å². The van der Waals surface area contributed by atoms with Crippen LogP contribution in [0.3, 0.4) is 0 Å². The van der Waals surface area contributed by atoms with E-state index in [4.69, 9.17) is 4.74 Å². The van der Waals surface area contributed by atoms with E-state index < -0.39 is 0 Å². The average Bonchev–Trinajstić information content (AvgIpc) is 2.95. The van der Waals surface area contributed by atoms with E-state index in [0.717, 1.165) is 16.2 Å². The quantitative estimate of drug-likeness (QED) is 0.622. The van der Waals surface area contributed by atoms with Crippen LogP contribution < -0.4 is 10.1 Å². The highest BCUT2D eigenvalue weighted by molar-refractivity contribution is 7.15. The first-order valence-corrected chi connectivity index (χ1v) is 7.61. The van der Waals surface area contributed by atoms with Crippen LogP contribution >= 0.6 is 11.3 Å². The first kappa shape index (κ1) is 15.5. The molecule has 1 aromatic heterocycles. The van der Waals surface area contributed by atoms with Crippen LogP contribution in [-0.2, 0) is 6.54 Å². The molecule has 1 heterocycles. The van der Waals surface area contributed by atoms with Gasteiger partial charge in [-0.25, -0.2) is 0 Å². The lowest BCUT2D eigenvalue weighted by Crippen LogP contribution is -2.17. The summed E-state index contributed by atoms with van der Waals surface area (Å²) >= 11 is 1.21. The van der Waals surface area contributed by atoms with E-state index in [-0.39, 0.29) is 16.0 Å². The Bertz CT molecular complexity index is 595. The van der Waals surface area contributed by atoms with Gasteiger partial charge in [0.1, 0.15) is 5.75 Å². The highest BCUT2D eigenvalue weighted by Crippen LogP contribution is 2.24. The number of thiophene rings is 1. The van der Waals surface area contributed by atoms with Gasteiger partial charge in [-0.05, 0) is 37.6 Å². The molecular formula is C15H18N2O3S. The number of hydrogen-bond donors (Lipinski definition) is 1. The molecule has 2 aromatic rings. The maximum atomic E-state index is 10.6. The number of nitro groups is 1. The Morgan fingerprint density at radius 2 is 2.00 bits per heavy atom. The Morgan fingerprint density at radius 1 is 1.29 bits per heavy atom. The van der Waals surface area contributed by atoms with E-state index in [9.17, 15) is 10.1 Å². The number of hydrogen-bond acceptors (Lipinski definition) is 5. The summed E-state index contributed by atoms with van der Waals surface area (Å²) in [7, 11) is 0. The Kier molecular flexibility index (Phi) is 5.30. The zero-order valence-corrected chi connectivity index (χ0v) is 12.9. The third-order valence-corrected chi connectivity index (χ3v) is 4.14. The van der Waals surface area contributed by atoms with Gasteiger partial charge in [-0.15, -0.1) is 0 Å². The fourth-order valence-corrected chi connectivity index (χ4v) is 2.72. The van der Waals surface area contributed by atoms with Crippen molar-refractivity contribution in [2.75, 3.05) is 6.61 Å². The fourth-order valence-electron chi connectivity index (χ4n) is 1.95. The number of rotatable bonds is 7.